The van der Waals surface area contributed by atoms with E-state index in [0.717, 1.165) is 65.4 Å². The number of aromatic nitrogens is 10. The van der Waals surface area contributed by atoms with Gasteiger partial charge >= 0.3 is 0 Å². The van der Waals surface area contributed by atoms with Crippen LogP contribution in [0.25, 0.3) is 65.4 Å². The normalized spacial score (nSPS) is 10.7. The number of pyridine rings is 6. The van der Waals surface area contributed by atoms with Crippen LogP contribution in [-0.2, 0) is 47.7 Å². The van der Waals surface area contributed by atoms with Gasteiger partial charge in [0.05, 0.1) is 51.2 Å². The van der Waals surface area contributed by atoms with E-state index in [0.29, 0.717) is 39.9 Å². The summed E-state index contributed by atoms with van der Waals surface area (Å²) < 4.78 is 12.5. The van der Waals surface area contributed by atoms with Crippen molar-refractivity contribution < 1.29 is 43.4 Å². The number of rotatable bonds is 11. The molecule has 10 heterocycles. The molecule has 13 aromatic rings. The van der Waals surface area contributed by atoms with Gasteiger partial charge in [0.15, 0.2) is 0 Å². The van der Waals surface area contributed by atoms with Crippen LogP contribution in [0.2, 0.25) is 0 Å². The maximum atomic E-state index is 13.3. The zero-order chi connectivity index (χ0) is 58.0. The molecule has 0 bridgehead atoms. The molecular formula is C64H58N14O5Ru. The molecule has 0 saturated heterocycles. The van der Waals surface area contributed by atoms with Gasteiger partial charge < -0.3 is 44.3 Å². The minimum absolute atomic E-state index is 0. The van der Waals surface area contributed by atoms with Crippen LogP contribution in [0.5, 0.6) is 5.75 Å². The standard InChI is InChI=1S/C38H36N10O5.2C12H8N2.C2H6.Ru/c1-45-15-6-8-28(45)36(50)42-25-18-30(47(3)21-25)38(52)44-26-19-31(48(4)22-26)37(51)43-24-17-29(46(2)20-24)35(49)41-14-16-53-32-11-13-40-34-27(32)10-9-23-7-5-12-39-33(23)34;2*1-3-9-5-6-10-4-2-8-14-12(10)11(9)13-7-1;1-2;/h5-13,15,17-22H,14,16H2,1-4H3,(H,41,49)(H,42,50)(H,43,51)(H,44,52);2*1-8H;1-2H3;. The number of carbonyl (C=O) groups is 4. The molecule has 4 N–H and O–H groups in total. The number of benzene rings is 3. The smallest absolute Gasteiger partial charge is 0.272 e. The van der Waals surface area contributed by atoms with Crippen molar-refractivity contribution in [2.45, 2.75) is 13.8 Å². The Morgan fingerprint density at radius 1 is 0.405 bits per heavy atom. The van der Waals surface area contributed by atoms with Gasteiger partial charge in [-0.1, -0.05) is 74.5 Å². The van der Waals surface area contributed by atoms with E-state index in [2.05, 4.69) is 99.7 Å². The minimum Gasteiger partial charge on any atom is -0.491 e. The van der Waals surface area contributed by atoms with Crippen LogP contribution >= 0.6 is 0 Å². The van der Waals surface area contributed by atoms with Crippen LogP contribution in [0, 0.1) is 0 Å². The van der Waals surface area contributed by atoms with Gasteiger partial charge in [0, 0.05) is 142 Å². The SMILES string of the molecule is CC.Cn1cc(NC(=O)c2cc(NC(=O)c3cc(NC(=O)c4cccn4C)cn3C)cn2C)cc1C(=O)NCCOc1ccnc2c1ccc1cccnc12.[Ru].c1cnc2c(c1)ccc1cccnc12.c1cnc2c(c1)ccc1cccnc12. The summed E-state index contributed by atoms with van der Waals surface area (Å²) in [6, 6.07) is 42.0. The molecule has 4 amide bonds. The van der Waals surface area contributed by atoms with Gasteiger partial charge in [0.2, 0.25) is 0 Å². The number of hydrogen-bond acceptors (Lipinski definition) is 11. The minimum atomic E-state index is -0.434. The van der Waals surface area contributed by atoms with Crippen molar-refractivity contribution in [2.24, 2.45) is 28.2 Å². The van der Waals surface area contributed by atoms with Gasteiger partial charge in [-0.2, -0.15) is 0 Å². The molecule has 0 fully saturated rings. The van der Waals surface area contributed by atoms with E-state index in [1.54, 1.807) is 145 Å². The van der Waals surface area contributed by atoms with Crippen molar-refractivity contribution in [1.29, 1.82) is 0 Å². The first kappa shape index (κ1) is 58.2. The Kier molecular flexibility index (Phi) is 18.3. The number of nitrogens with one attached hydrogen (secondary N) is 4. The molecule has 13 rings (SSSR count). The second-order valence-corrected chi connectivity index (χ2v) is 18.9. The molecule has 0 aliphatic rings. The first-order valence-electron chi connectivity index (χ1n) is 26.7. The average Bonchev–Trinajstić information content (AvgIpc) is 3.91. The second kappa shape index (κ2) is 26.4. The second-order valence-electron chi connectivity index (χ2n) is 18.9. The van der Waals surface area contributed by atoms with Gasteiger partial charge in [-0.05, 0) is 72.8 Å². The van der Waals surface area contributed by atoms with Crippen molar-refractivity contribution in [2.75, 3.05) is 29.1 Å². The summed E-state index contributed by atoms with van der Waals surface area (Å²) >= 11 is 0. The molecule has 0 saturated carbocycles. The molecule has 10 aromatic heterocycles. The monoisotopic (exact) mass is 1200 g/mol. The van der Waals surface area contributed by atoms with Crippen molar-refractivity contribution in [3.05, 3.63) is 218 Å². The summed E-state index contributed by atoms with van der Waals surface area (Å²) in [4.78, 5) is 78.4. The number of aryl methyl sites for hydroxylation is 4. The number of nitrogens with zero attached hydrogens (tertiary/aromatic N) is 10. The van der Waals surface area contributed by atoms with Crippen LogP contribution in [-0.4, -0.2) is 85.0 Å². The van der Waals surface area contributed by atoms with E-state index in [-0.39, 0.29) is 50.1 Å². The van der Waals surface area contributed by atoms with Crippen LogP contribution < -0.4 is 26.0 Å². The third kappa shape index (κ3) is 12.8. The van der Waals surface area contributed by atoms with E-state index in [1.165, 1.54) is 0 Å². The number of ether oxygens (including phenoxy) is 1. The van der Waals surface area contributed by atoms with Crippen molar-refractivity contribution >= 4 is 106 Å². The van der Waals surface area contributed by atoms with E-state index < -0.39 is 11.8 Å². The van der Waals surface area contributed by atoms with Gasteiger partial charge in [-0.3, -0.25) is 49.1 Å². The van der Waals surface area contributed by atoms with Crippen LogP contribution in [0.3, 0.4) is 0 Å². The molecule has 0 radical (unpaired) electrons. The molecule has 422 valence electrons. The van der Waals surface area contributed by atoms with Gasteiger partial charge in [0.1, 0.15) is 40.6 Å². The molecule has 0 aliphatic carbocycles. The average molecular weight is 1200 g/mol. The fourth-order valence-electron chi connectivity index (χ4n) is 9.49. The molecule has 20 heteroatoms. The molecule has 19 nitrogen and oxygen atoms in total. The molecule has 84 heavy (non-hydrogen) atoms. The van der Waals surface area contributed by atoms with E-state index >= 15 is 0 Å². The maximum absolute atomic E-state index is 13.3. The number of carbonyl (C=O) groups excluding carboxylic acids is 4. The van der Waals surface area contributed by atoms with Crippen LogP contribution in [0.15, 0.2) is 195 Å². The van der Waals surface area contributed by atoms with E-state index in [9.17, 15) is 19.2 Å². The predicted octanol–water partition coefficient (Wildman–Crippen LogP) is 11.3. The first-order valence-corrected chi connectivity index (χ1v) is 26.7. The van der Waals surface area contributed by atoms with Crippen molar-refractivity contribution in [1.82, 2.24) is 53.5 Å². The number of anilines is 3. The van der Waals surface area contributed by atoms with Crippen LogP contribution in [0.1, 0.15) is 55.8 Å². The Balaban J connectivity index is 0.000000218. The Hall–Kier alpha value is -10.5. The van der Waals surface area contributed by atoms with Gasteiger partial charge in [-0.25, -0.2) is 0 Å². The summed E-state index contributed by atoms with van der Waals surface area (Å²) in [5.41, 5.74) is 8.14. The van der Waals surface area contributed by atoms with Gasteiger partial charge in [-0.15, -0.1) is 0 Å². The molecule has 0 unspecified atom stereocenters. The fraction of sp³-hybridized carbons (Fsp3) is 0.125. The van der Waals surface area contributed by atoms with Crippen LogP contribution in [0.4, 0.5) is 17.1 Å². The van der Waals surface area contributed by atoms with Gasteiger partial charge in [0.25, 0.3) is 23.6 Å². The summed E-state index contributed by atoms with van der Waals surface area (Å²) in [6.45, 7) is 4.47. The summed E-state index contributed by atoms with van der Waals surface area (Å²) in [5.74, 6) is -0.848. The zero-order valence-electron chi connectivity index (χ0n) is 46.8. The molecule has 0 aliphatic heterocycles. The molecular weight excluding hydrogens is 1150 g/mol. The zero-order valence-corrected chi connectivity index (χ0v) is 48.5. The Morgan fingerprint density at radius 3 is 1.15 bits per heavy atom. The number of amides is 4. The Morgan fingerprint density at radius 2 is 0.762 bits per heavy atom. The van der Waals surface area contributed by atoms with E-state index in [1.807, 2.05) is 62.4 Å². The topological polar surface area (TPSA) is 223 Å². The summed E-state index contributed by atoms with van der Waals surface area (Å²) in [5, 5.41) is 17.7. The largest absolute Gasteiger partial charge is 0.491 e. The van der Waals surface area contributed by atoms with E-state index in [4.69, 9.17) is 4.74 Å². The quantitative estimate of drug-likeness (QED) is 0.0542. The summed E-state index contributed by atoms with van der Waals surface area (Å²) in [7, 11) is 6.86. The molecule has 3 aromatic carbocycles. The first-order chi connectivity index (χ1) is 40.4. The molecule has 0 spiro atoms. The third-order valence-corrected chi connectivity index (χ3v) is 13.4. The Labute approximate surface area is 495 Å². The number of fused-ring (bicyclic) bond motifs is 9. The predicted molar refractivity (Wildman–Crippen MR) is 326 cm³/mol. The Bertz CT molecular complexity index is 4310. The third-order valence-electron chi connectivity index (χ3n) is 13.4. The van der Waals surface area contributed by atoms with Crippen molar-refractivity contribution in [3.63, 3.8) is 0 Å². The maximum Gasteiger partial charge on any atom is 0.272 e. The van der Waals surface area contributed by atoms with Crippen molar-refractivity contribution in [3.8, 4) is 5.75 Å². The molecule has 0 atom stereocenters. The summed E-state index contributed by atoms with van der Waals surface area (Å²) in [6.07, 6.45) is 17.3. The fourth-order valence-corrected chi connectivity index (χ4v) is 9.49. The number of hydrogen-bond donors (Lipinski definition) is 4.